The van der Waals surface area contributed by atoms with Gasteiger partial charge in [0.15, 0.2) is 0 Å². The molecule has 0 fully saturated rings. The minimum Gasteiger partial charge on any atom is -0.344 e. The van der Waals surface area contributed by atoms with Gasteiger partial charge in [0.05, 0.1) is 0 Å². The Balaban J connectivity index is 0.00000205. The number of hydrogen-bond acceptors (Lipinski definition) is 1. The lowest BCUT2D eigenvalue weighted by Gasteiger charge is -2.29. The summed E-state index contributed by atoms with van der Waals surface area (Å²) in [5.74, 6) is 0. The van der Waals surface area contributed by atoms with E-state index in [0.29, 0.717) is 0 Å². The zero-order chi connectivity index (χ0) is 19.1. The lowest BCUT2D eigenvalue weighted by atomic mass is 9.73. The summed E-state index contributed by atoms with van der Waals surface area (Å²) in [6.45, 7) is 4.73. The van der Waals surface area contributed by atoms with Crippen LogP contribution in [0.5, 0.6) is 0 Å². The Hall–Kier alpha value is -3.16. The van der Waals surface area contributed by atoms with Gasteiger partial charge in [0.2, 0.25) is 0 Å². The van der Waals surface area contributed by atoms with E-state index in [1.807, 2.05) is 0 Å². The summed E-state index contributed by atoms with van der Waals surface area (Å²) < 4.78 is 0. The summed E-state index contributed by atoms with van der Waals surface area (Å²) in [5, 5.41) is 0. The Morgan fingerprint density at radius 2 is 1.14 bits per heavy atom. The maximum atomic E-state index is 2.42. The van der Waals surface area contributed by atoms with Crippen molar-refractivity contribution in [2.75, 3.05) is 0 Å². The maximum Gasteiger partial charge on any atom is 0.0190 e. The van der Waals surface area contributed by atoms with Gasteiger partial charge in [-0.15, -0.1) is 0 Å². The van der Waals surface area contributed by atoms with E-state index in [1.54, 1.807) is 0 Å². The Bertz CT molecular complexity index is 1150. The molecule has 1 nitrogen and oxygen atoms in total. The number of rotatable bonds is 3. The van der Waals surface area contributed by atoms with Crippen LogP contribution < -0.4 is 6.15 Å². The van der Waals surface area contributed by atoms with Crippen LogP contribution in [0.3, 0.4) is 0 Å². The Morgan fingerprint density at radius 3 is 1.79 bits per heavy atom. The molecular formula is C28H27N. The van der Waals surface area contributed by atoms with Crippen molar-refractivity contribution in [1.29, 1.82) is 0 Å². The van der Waals surface area contributed by atoms with Gasteiger partial charge in [-0.25, -0.2) is 0 Å². The van der Waals surface area contributed by atoms with Gasteiger partial charge in [0, 0.05) is 5.41 Å². The van der Waals surface area contributed by atoms with Crippen molar-refractivity contribution in [2.45, 2.75) is 25.7 Å². The van der Waals surface area contributed by atoms with E-state index < -0.39 is 0 Å². The van der Waals surface area contributed by atoms with E-state index in [4.69, 9.17) is 0 Å². The molecule has 1 aliphatic rings. The third-order valence-corrected chi connectivity index (χ3v) is 6.42. The Kier molecular flexibility index (Phi) is 4.86. The van der Waals surface area contributed by atoms with E-state index in [0.717, 1.165) is 6.42 Å². The lowest BCUT2D eigenvalue weighted by molar-refractivity contribution is 0.566. The summed E-state index contributed by atoms with van der Waals surface area (Å²) in [4.78, 5) is 0. The van der Waals surface area contributed by atoms with Crippen molar-refractivity contribution in [3.05, 3.63) is 108 Å². The van der Waals surface area contributed by atoms with Gasteiger partial charge in [-0.05, 0) is 50.9 Å². The molecule has 0 heterocycles. The minimum absolute atomic E-state index is 0. The van der Waals surface area contributed by atoms with Crippen LogP contribution in [0.25, 0.3) is 33.4 Å². The average molecular weight is 378 g/mol. The second-order valence-corrected chi connectivity index (χ2v) is 7.87. The van der Waals surface area contributed by atoms with E-state index in [-0.39, 0.29) is 11.6 Å². The molecule has 0 aliphatic heterocycles. The van der Waals surface area contributed by atoms with Crippen LogP contribution in [-0.4, -0.2) is 0 Å². The largest absolute Gasteiger partial charge is 0.344 e. The monoisotopic (exact) mass is 377 g/mol. The van der Waals surface area contributed by atoms with Crippen LogP contribution in [-0.2, 0) is 5.41 Å². The van der Waals surface area contributed by atoms with Crippen LogP contribution in [0, 0.1) is 0 Å². The quantitative estimate of drug-likeness (QED) is 0.387. The normalized spacial score (nSPS) is 16.6. The molecule has 1 heteroatoms. The van der Waals surface area contributed by atoms with Crippen molar-refractivity contribution in [3.8, 4) is 33.4 Å². The standard InChI is InChI=1S/C28H24.H3N/c1-3-28(2)25-17-11-10-16-23(25)24-19-18-22(20-12-6-4-7-13-20)26(27(24)28)21-14-8-5-9-15-21;/h4-19H,3H2,1-2H3;1H3. The van der Waals surface area contributed by atoms with Crippen molar-refractivity contribution in [3.63, 3.8) is 0 Å². The second kappa shape index (κ2) is 7.35. The van der Waals surface area contributed by atoms with Gasteiger partial charge in [-0.1, -0.05) is 111 Å². The fourth-order valence-electron chi connectivity index (χ4n) is 4.86. The fraction of sp³-hybridized carbons (Fsp3) is 0.143. The molecule has 4 aromatic carbocycles. The minimum atomic E-state index is 0. The fourth-order valence-corrected chi connectivity index (χ4v) is 4.86. The molecule has 4 aromatic rings. The first-order chi connectivity index (χ1) is 13.7. The van der Waals surface area contributed by atoms with E-state index in [2.05, 4.69) is 111 Å². The Labute approximate surface area is 173 Å². The average Bonchev–Trinajstić information content (AvgIpc) is 3.04. The van der Waals surface area contributed by atoms with E-state index >= 15 is 0 Å². The molecule has 0 aromatic heterocycles. The number of fused-ring (bicyclic) bond motifs is 3. The van der Waals surface area contributed by atoms with Crippen molar-refractivity contribution >= 4 is 0 Å². The van der Waals surface area contributed by atoms with Gasteiger partial charge < -0.3 is 6.15 Å². The van der Waals surface area contributed by atoms with Gasteiger partial charge in [-0.3, -0.25) is 0 Å². The second-order valence-electron chi connectivity index (χ2n) is 7.87. The molecule has 0 spiro atoms. The molecule has 1 unspecified atom stereocenters. The smallest absolute Gasteiger partial charge is 0.0190 e. The van der Waals surface area contributed by atoms with Crippen LogP contribution >= 0.6 is 0 Å². The zero-order valence-electron chi connectivity index (χ0n) is 17.2. The lowest BCUT2D eigenvalue weighted by Crippen LogP contribution is -2.20. The third-order valence-electron chi connectivity index (χ3n) is 6.42. The van der Waals surface area contributed by atoms with Crippen LogP contribution in [0.15, 0.2) is 97.1 Å². The first kappa shape index (κ1) is 19.2. The summed E-state index contributed by atoms with van der Waals surface area (Å²) in [7, 11) is 0. The number of hydrogen-bond donors (Lipinski definition) is 1. The predicted molar refractivity (Wildman–Crippen MR) is 125 cm³/mol. The highest BCUT2D eigenvalue weighted by atomic mass is 14.4. The Morgan fingerprint density at radius 1 is 0.586 bits per heavy atom. The first-order valence-electron chi connectivity index (χ1n) is 10.1. The molecule has 0 saturated carbocycles. The molecule has 0 radical (unpaired) electrons. The molecule has 144 valence electrons. The first-order valence-corrected chi connectivity index (χ1v) is 10.1. The molecule has 1 aliphatic carbocycles. The predicted octanol–water partition coefficient (Wildman–Crippen LogP) is 7.88. The topological polar surface area (TPSA) is 35.0 Å². The summed E-state index contributed by atoms with van der Waals surface area (Å²) in [6.07, 6.45) is 1.08. The summed E-state index contributed by atoms with van der Waals surface area (Å²) >= 11 is 0. The van der Waals surface area contributed by atoms with Gasteiger partial charge >= 0.3 is 0 Å². The van der Waals surface area contributed by atoms with Crippen LogP contribution in [0.4, 0.5) is 0 Å². The van der Waals surface area contributed by atoms with Crippen molar-refractivity contribution in [2.24, 2.45) is 0 Å². The summed E-state index contributed by atoms with van der Waals surface area (Å²) in [5.41, 5.74) is 11.0. The summed E-state index contributed by atoms with van der Waals surface area (Å²) in [6, 6.07) is 35.3. The maximum absolute atomic E-state index is 2.42. The molecule has 5 rings (SSSR count). The highest BCUT2D eigenvalue weighted by Crippen LogP contribution is 2.55. The molecule has 0 saturated heterocycles. The SMILES string of the molecule is CCC1(C)c2ccccc2-c2ccc(-c3ccccc3)c(-c3ccccc3)c21.N. The van der Waals surface area contributed by atoms with Crippen molar-refractivity contribution < 1.29 is 0 Å². The van der Waals surface area contributed by atoms with Gasteiger partial charge in [0.1, 0.15) is 0 Å². The van der Waals surface area contributed by atoms with E-state index in [1.165, 1.54) is 44.5 Å². The highest BCUT2D eigenvalue weighted by molar-refractivity contribution is 5.95. The van der Waals surface area contributed by atoms with Gasteiger partial charge in [-0.2, -0.15) is 0 Å². The molecule has 0 amide bonds. The molecular weight excluding hydrogens is 350 g/mol. The molecule has 3 N–H and O–H groups in total. The third kappa shape index (κ3) is 2.82. The number of benzene rings is 4. The van der Waals surface area contributed by atoms with Crippen molar-refractivity contribution in [1.82, 2.24) is 6.15 Å². The van der Waals surface area contributed by atoms with Gasteiger partial charge in [0.25, 0.3) is 0 Å². The zero-order valence-corrected chi connectivity index (χ0v) is 17.2. The van der Waals surface area contributed by atoms with Crippen LogP contribution in [0.1, 0.15) is 31.4 Å². The molecule has 0 bridgehead atoms. The highest BCUT2D eigenvalue weighted by Gasteiger charge is 2.40. The van der Waals surface area contributed by atoms with E-state index in [9.17, 15) is 0 Å². The van der Waals surface area contributed by atoms with Crippen LogP contribution in [0.2, 0.25) is 0 Å². The molecule has 1 atom stereocenters. The molecule has 29 heavy (non-hydrogen) atoms.